The van der Waals surface area contributed by atoms with Crippen LogP contribution in [0.5, 0.6) is 0 Å². The van der Waals surface area contributed by atoms with Crippen LogP contribution in [-0.4, -0.2) is 98.0 Å². The van der Waals surface area contributed by atoms with Gasteiger partial charge in [0.2, 0.25) is 0 Å². The number of nitrogens with one attached hydrogen (secondary N) is 1. The van der Waals surface area contributed by atoms with Gasteiger partial charge in [-0.1, -0.05) is 0 Å². The van der Waals surface area contributed by atoms with Crippen LogP contribution in [0.1, 0.15) is 11.4 Å². The highest BCUT2D eigenvalue weighted by atomic mass is 35.7. The van der Waals surface area contributed by atoms with Gasteiger partial charge in [-0.2, -0.15) is 5.10 Å². The van der Waals surface area contributed by atoms with Crippen molar-refractivity contribution >= 4 is 23.6 Å². The summed E-state index contributed by atoms with van der Waals surface area (Å²) < 4.78 is 72.0. The van der Waals surface area contributed by atoms with Gasteiger partial charge in [-0.15, -0.1) is 20.5 Å². The molecule has 0 aliphatic carbocycles. The quantitative estimate of drug-likeness (QED) is 0.275. The Hall–Kier alpha value is -2.11. The number of halogens is 2. The van der Waals surface area contributed by atoms with Crippen LogP contribution in [0.25, 0.3) is 11.1 Å². The fourth-order valence-corrected chi connectivity index (χ4v) is 2.07. The molecule has 0 aliphatic heterocycles. The molecule has 0 spiro atoms. The molecule has 0 radical (unpaired) electrons. The third-order valence-corrected chi connectivity index (χ3v) is 2.77. The summed E-state index contributed by atoms with van der Waals surface area (Å²) in [5.74, 6) is 0. The summed E-state index contributed by atoms with van der Waals surface area (Å²) in [6.07, 6.45) is 8.26. The molecule has 0 aliphatic rings. The lowest BCUT2D eigenvalue weighted by Crippen LogP contribution is -2.68. The topological polar surface area (TPSA) is 226 Å². The van der Waals surface area contributed by atoms with Crippen molar-refractivity contribution in [3.8, 4) is 0 Å². The lowest BCUT2D eigenvalue weighted by atomic mass is 10.1. The lowest BCUT2D eigenvalue weighted by Gasteiger charge is -2.17. The number of aromatic nitrogens is 2. The van der Waals surface area contributed by atoms with Crippen molar-refractivity contribution in [3.05, 3.63) is 29.9 Å². The zero-order valence-corrected chi connectivity index (χ0v) is 21.2. The van der Waals surface area contributed by atoms with Crippen LogP contribution >= 0.6 is 0 Å². The normalized spacial score (nSPS) is 12.0. The van der Waals surface area contributed by atoms with Crippen LogP contribution in [0.4, 0.5) is 0 Å². The number of H-pyrrole nitrogens is 1. The van der Waals surface area contributed by atoms with Crippen molar-refractivity contribution in [1.82, 2.24) is 20.0 Å². The molecule has 14 nitrogen and oxygen atoms in total. The number of rotatable bonds is 6. The highest BCUT2D eigenvalue weighted by Gasteiger charge is 2.12. The Morgan fingerprint density at radius 3 is 1.42 bits per heavy atom. The predicted molar refractivity (Wildman–Crippen MR) is 98.3 cm³/mol. The van der Waals surface area contributed by atoms with Crippen LogP contribution in [0.15, 0.2) is 18.5 Å². The Labute approximate surface area is 197 Å². The smallest absolute Gasteiger partial charge is 0.173 e. The van der Waals surface area contributed by atoms with Gasteiger partial charge in [0.25, 0.3) is 0 Å². The van der Waals surface area contributed by atoms with Crippen LogP contribution < -0.4 is 37.3 Å². The first-order valence-corrected chi connectivity index (χ1v) is 11.2. The maximum Gasteiger partial charge on any atom is 0.173 e. The number of aromatic amines is 1. The molecule has 0 atom stereocenters. The average molecular weight is 517 g/mol. The molecule has 0 aromatic carbocycles. The van der Waals surface area contributed by atoms with E-state index in [0.717, 1.165) is 22.5 Å². The molecule has 0 amide bonds. The Bertz CT molecular complexity index is 753. The molecule has 0 fully saturated rings. The van der Waals surface area contributed by atoms with E-state index in [1.165, 1.54) is 0 Å². The zero-order valence-electron chi connectivity index (χ0n) is 19.6. The largest absolute Gasteiger partial charge is 0.383 e. The van der Waals surface area contributed by atoms with Crippen molar-refractivity contribution in [2.24, 2.45) is 0 Å². The van der Waals surface area contributed by atoms with Crippen LogP contribution in [0.3, 0.4) is 0 Å². The summed E-state index contributed by atoms with van der Waals surface area (Å²) in [5.41, 5.74) is 4.03. The van der Waals surface area contributed by atoms with Crippen molar-refractivity contribution in [3.63, 3.8) is 0 Å². The standard InChI is InChI=1S/C17H30N6.2ClHO4/c1-20(2)10-14(11-21(3)4)16-9-17(19-18-16)15(12-22(5)6)13-23(7)8;2*2-1(3,4)5/h9-13H,1-8H3,(H,18,19);2*(H,2,3,4,5)/q+2;;/p-2. The minimum atomic E-state index is -4.94. The van der Waals surface area contributed by atoms with Gasteiger partial charge in [-0.05, 0) is 6.07 Å². The molecule has 0 unspecified atom stereocenters. The van der Waals surface area contributed by atoms with Crippen LogP contribution in [0, 0.1) is 20.5 Å². The SMILES string of the molecule is CN(C)/C=C(\C=[N+](C)C)c1cc(/C(C=[N+](C)C)=C\N(C)C)[nH]n1.[O-][Cl+3]([O-])([O-])[O-].[O-][Cl+3]([O-])([O-])[O-]. The monoisotopic (exact) mass is 516 g/mol. The number of nitrogens with zero attached hydrogens (tertiary/aromatic N) is 5. The Morgan fingerprint density at radius 2 is 1.09 bits per heavy atom. The Kier molecular flexibility index (Phi) is 15.0. The zero-order chi connectivity index (χ0) is 26.6. The van der Waals surface area contributed by atoms with Crippen molar-refractivity contribution in [2.45, 2.75) is 0 Å². The second kappa shape index (κ2) is 14.9. The molecule has 0 bridgehead atoms. The van der Waals surface area contributed by atoms with Crippen molar-refractivity contribution < 1.29 is 66.9 Å². The number of hydrogen-bond donors (Lipinski definition) is 1. The molecule has 1 heterocycles. The molecule has 1 aromatic heterocycles. The Morgan fingerprint density at radius 1 is 0.758 bits per heavy atom. The first kappa shape index (κ1) is 33.1. The minimum absolute atomic E-state index is 0.916. The van der Waals surface area contributed by atoms with Crippen molar-refractivity contribution in [1.29, 1.82) is 0 Å². The molecule has 0 saturated heterocycles. The van der Waals surface area contributed by atoms with Crippen LogP contribution in [-0.2, 0) is 0 Å². The van der Waals surface area contributed by atoms with E-state index in [2.05, 4.69) is 41.1 Å². The summed E-state index contributed by atoms with van der Waals surface area (Å²) in [5, 5.41) is 7.63. The fraction of sp³-hybridized carbons (Fsp3) is 0.471. The second-order valence-corrected chi connectivity index (χ2v) is 8.72. The van der Waals surface area contributed by atoms with E-state index in [1.807, 2.05) is 75.3 Å². The van der Waals surface area contributed by atoms with E-state index in [-0.39, 0.29) is 0 Å². The van der Waals surface area contributed by atoms with E-state index >= 15 is 0 Å². The third kappa shape index (κ3) is 24.4. The first-order valence-electron chi connectivity index (χ1n) is 8.77. The molecule has 33 heavy (non-hydrogen) atoms. The molecule has 0 saturated carbocycles. The van der Waals surface area contributed by atoms with E-state index in [4.69, 9.17) is 37.3 Å². The summed E-state index contributed by atoms with van der Waals surface area (Å²) in [7, 11) is 6.19. The maximum absolute atomic E-state index is 8.49. The minimum Gasteiger partial charge on any atom is -0.383 e. The van der Waals surface area contributed by atoms with E-state index in [9.17, 15) is 0 Å². The molecule has 1 N–H and O–H groups in total. The van der Waals surface area contributed by atoms with E-state index < -0.39 is 20.5 Å². The molecule has 190 valence electrons. The Balaban J connectivity index is 0. The van der Waals surface area contributed by atoms with Crippen molar-refractivity contribution in [2.75, 3.05) is 56.4 Å². The molecule has 1 aromatic rings. The molecule has 1 rings (SSSR count). The summed E-state index contributed by atoms with van der Waals surface area (Å²) in [6, 6.07) is 2.07. The maximum atomic E-state index is 8.49. The van der Waals surface area contributed by atoms with Gasteiger partial charge in [0.05, 0.1) is 16.8 Å². The number of hydrogen-bond acceptors (Lipinski definition) is 11. The van der Waals surface area contributed by atoms with Gasteiger partial charge in [0, 0.05) is 40.6 Å². The first-order chi connectivity index (χ1) is 14.7. The fourth-order valence-electron chi connectivity index (χ4n) is 2.07. The predicted octanol–water partition coefficient (Wildman–Crippen LogP) is -8.61. The highest BCUT2D eigenvalue weighted by molar-refractivity contribution is 6.09. The van der Waals surface area contributed by atoms with Gasteiger partial charge < -0.3 is 9.80 Å². The summed E-state index contributed by atoms with van der Waals surface area (Å²) in [4.78, 5) is 4.05. The summed E-state index contributed by atoms with van der Waals surface area (Å²) >= 11 is 0. The van der Waals surface area contributed by atoms with Crippen LogP contribution in [0.2, 0.25) is 0 Å². The molecule has 16 heteroatoms. The second-order valence-electron chi connectivity index (χ2n) is 7.20. The van der Waals surface area contributed by atoms with E-state index in [1.54, 1.807) is 0 Å². The summed E-state index contributed by atoms with van der Waals surface area (Å²) in [6.45, 7) is 0. The third-order valence-electron chi connectivity index (χ3n) is 2.77. The van der Waals surface area contributed by atoms with Gasteiger partial charge in [0.1, 0.15) is 33.9 Å². The highest BCUT2D eigenvalue weighted by Crippen LogP contribution is 2.16. The van der Waals surface area contributed by atoms with Gasteiger partial charge >= 0.3 is 0 Å². The molecular weight excluding hydrogens is 487 g/mol. The van der Waals surface area contributed by atoms with Gasteiger partial charge in [-0.3, -0.25) is 5.10 Å². The van der Waals surface area contributed by atoms with Gasteiger partial charge in [0.15, 0.2) is 12.4 Å². The van der Waals surface area contributed by atoms with E-state index in [0.29, 0.717) is 0 Å². The molecular formula is C17H30Cl2N6O8. The number of allylic oxidation sites excluding steroid dienone is 2. The van der Waals surface area contributed by atoms with Gasteiger partial charge in [-0.25, -0.2) is 46.4 Å². The lowest BCUT2D eigenvalue weighted by molar-refractivity contribution is -2.00. The average Bonchev–Trinajstić information content (AvgIpc) is 2.98.